The van der Waals surface area contributed by atoms with Crippen molar-refractivity contribution < 1.29 is 4.79 Å². The molecule has 1 aliphatic rings. The second-order valence-corrected chi connectivity index (χ2v) is 5.42. The minimum absolute atomic E-state index is 0.201. The minimum Gasteiger partial charge on any atom is -0.365 e. The summed E-state index contributed by atoms with van der Waals surface area (Å²) in [5.74, 6) is -0.330. The van der Waals surface area contributed by atoms with Gasteiger partial charge in [-0.05, 0) is 23.1 Å². The molecule has 0 spiro atoms. The third kappa shape index (κ3) is 1.60. The molecule has 0 unspecified atom stereocenters. The summed E-state index contributed by atoms with van der Waals surface area (Å²) in [5, 5.41) is 1.16. The third-order valence-corrected chi connectivity index (χ3v) is 3.52. The van der Waals surface area contributed by atoms with Crippen molar-refractivity contribution in [1.29, 1.82) is 0 Å². The Bertz CT molecular complexity index is 496. The van der Waals surface area contributed by atoms with Crippen LogP contribution >= 0.6 is 11.3 Å². The quantitative estimate of drug-likeness (QED) is 0.728. The smallest absolute Gasteiger partial charge is 0.258 e. The maximum absolute atomic E-state index is 11.0. The molecular formula is C11H13NOS. The van der Waals surface area contributed by atoms with Crippen LogP contribution in [0.25, 0.3) is 12.2 Å². The highest BCUT2D eigenvalue weighted by molar-refractivity contribution is 7.12. The van der Waals surface area contributed by atoms with Crippen molar-refractivity contribution in [2.24, 2.45) is 11.1 Å². The van der Waals surface area contributed by atoms with Gasteiger partial charge in [0, 0.05) is 4.53 Å². The van der Waals surface area contributed by atoms with E-state index < -0.39 is 0 Å². The molecule has 1 aromatic heterocycles. The normalized spacial score (nSPS) is 17.9. The Labute approximate surface area is 86.7 Å². The van der Waals surface area contributed by atoms with E-state index in [4.69, 9.17) is 5.73 Å². The number of amides is 1. The van der Waals surface area contributed by atoms with E-state index in [-0.39, 0.29) is 11.3 Å². The number of thiophene rings is 1. The van der Waals surface area contributed by atoms with Gasteiger partial charge in [0.15, 0.2) is 0 Å². The summed E-state index contributed by atoms with van der Waals surface area (Å²) in [7, 11) is 0. The van der Waals surface area contributed by atoms with Crippen molar-refractivity contribution in [2.75, 3.05) is 0 Å². The molecule has 0 aromatic carbocycles. The first-order chi connectivity index (χ1) is 6.48. The maximum atomic E-state index is 11.0. The van der Waals surface area contributed by atoms with Crippen LogP contribution in [0.2, 0.25) is 0 Å². The lowest BCUT2D eigenvalue weighted by molar-refractivity contribution is 0.100. The number of hydrogen-bond acceptors (Lipinski definition) is 2. The van der Waals surface area contributed by atoms with Gasteiger partial charge in [0.05, 0.1) is 4.88 Å². The Morgan fingerprint density at radius 2 is 2.29 bits per heavy atom. The fraction of sp³-hybridized carbons (Fsp3) is 0.364. The first-order valence-corrected chi connectivity index (χ1v) is 5.42. The molecule has 1 heterocycles. The molecule has 74 valence electrons. The highest BCUT2D eigenvalue weighted by atomic mass is 32.1. The van der Waals surface area contributed by atoms with Gasteiger partial charge in [-0.25, -0.2) is 0 Å². The van der Waals surface area contributed by atoms with Crippen molar-refractivity contribution in [3.8, 4) is 0 Å². The van der Waals surface area contributed by atoms with Gasteiger partial charge in [-0.15, -0.1) is 11.3 Å². The van der Waals surface area contributed by atoms with Crippen molar-refractivity contribution >= 4 is 29.4 Å². The fourth-order valence-corrected chi connectivity index (χ4v) is 2.76. The van der Waals surface area contributed by atoms with Crippen LogP contribution < -0.4 is 15.5 Å². The molecule has 1 aromatic rings. The molecule has 0 fully saturated rings. The fourth-order valence-electron chi connectivity index (χ4n) is 1.60. The van der Waals surface area contributed by atoms with Crippen molar-refractivity contribution in [1.82, 2.24) is 0 Å². The van der Waals surface area contributed by atoms with Gasteiger partial charge < -0.3 is 5.73 Å². The third-order valence-electron chi connectivity index (χ3n) is 2.40. The number of nitrogens with two attached hydrogens (primary N) is 1. The van der Waals surface area contributed by atoms with E-state index >= 15 is 0 Å². The Hall–Kier alpha value is -1.09. The monoisotopic (exact) mass is 207 g/mol. The number of carbonyl (C=O) groups is 1. The van der Waals surface area contributed by atoms with Gasteiger partial charge in [0.25, 0.3) is 5.91 Å². The molecule has 2 nitrogen and oxygen atoms in total. The van der Waals surface area contributed by atoms with E-state index in [1.54, 1.807) is 0 Å². The van der Waals surface area contributed by atoms with E-state index in [9.17, 15) is 4.79 Å². The summed E-state index contributed by atoms with van der Waals surface area (Å²) in [6.07, 6.45) is 5.42. The second kappa shape index (κ2) is 2.95. The molecule has 14 heavy (non-hydrogen) atoms. The molecule has 1 aliphatic carbocycles. The van der Waals surface area contributed by atoms with Crippen molar-refractivity contribution in [2.45, 2.75) is 20.3 Å². The minimum atomic E-state index is -0.330. The van der Waals surface area contributed by atoms with Crippen LogP contribution in [0.4, 0.5) is 0 Å². The lowest BCUT2D eigenvalue weighted by atomic mass is 9.86. The number of primary amides is 1. The lowest BCUT2D eigenvalue weighted by Gasteiger charge is -2.19. The molecule has 0 saturated carbocycles. The van der Waals surface area contributed by atoms with Gasteiger partial charge in [0.1, 0.15) is 0 Å². The van der Waals surface area contributed by atoms with E-state index in [0.717, 1.165) is 11.6 Å². The van der Waals surface area contributed by atoms with Gasteiger partial charge >= 0.3 is 0 Å². The van der Waals surface area contributed by atoms with E-state index in [1.165, 1.54) is 15.9 Å². The molecule has 0 aliphatic heterocycles. The van der Waals surface area contributed by atoms with Crippen LogP contribution in [0, 0.1) is 5.41 Å². The van der Waals surface area contributed by atoms with Crippen LogP contribution in [-0.4, -0.2) is 5.91 Å². The summed E-state index contributed by atoms with van der Waals surface area (Å²) in [5.41, 5.74) is 5.44. The zero-order chi connectivity index (χ0) is 10.3. The number of carbonyl (C=O) groups excluding carboxylic acids is 1. The topological polar surface area (TPSA) is 43.1 Å². The largest absolute Gasteiger partial charge is 0.365 e. The summed E-state index contributed by atoms with van der Waals surface area (Å²) < 4.78 is 1.18. The molecular weight excluding hydrogens is 194 g/mol. The Balaban J connectivity index is 2.64. The molecule has 0 radical (unpaired) electrons. The Morgan fingerprint density at radius 1 is 1.57 bits per heavy atom. The van der Waals surface area contributed by atoms with Gasteiger partial charge in [-0.2, -0.15) is 0 Å². The zero-order valence-corrected chi connectivity index (χ0v) is 9.15. The maximum Gasteiger partial charge on any atom is 0.258 e. The molecule has 3 heteroatoms. The molecule has 0 saturated heterocycles. The lowest BCUT2D eigenvalue weighted by Crippen LogP contribution is -2.27. The Morgan fingerprint density at radius 3 is 2.93 bits per heavy atom. The van der Waals surface area contributed by atoms with E-state index in [0.29, 0.717) is 4.88 Å². The second-order valence-electron chi connectivity index (χ2n) is 4.34. The number of hydrogen-bond donors (Lipinski definition) is 1. The summed E-state index contributed by atoms with van der Waals surface area (Å²) in [6, 6.07) is 1.88. The van der Waals surface area contributed by atoms with Crippen LogP contribution in [0.1, 0.15) is 29.9 Å². The van der Waals surface area contributed by atoms with E-state index in [1.807, 2.05) is 6.07 Å². The van der Waals surface area contributed by atoms with Crippen LogP contribution in [-0.2, 0) is 0 Å². The molecule has 1 amide bonds. The number of rotatable bonds is 1. The predicted molar refractivity (Wildman–Crippen MR) is 59.4 cm³/mol. The Kier molecular flexibility index (Phi) is 2.00. The highest BCUT2D eigenvalue weighted by Crippen LogP contribution is 2.24. The average Bonchev–Trinajstić information content (AvgIpc) is 2.45. The van der Waals surface area contributed by atoms with Gasteiger partial charge in [0.2, 0.25) is 0 Å². The zero-order valence-electron chi connectivity index (χ0n) is 8.33. The highest BCUT2D eigenvalue weighted by Gasteiger charge is 2.17. The molecule has 0 atom stereocenters. The number of fused-ring (bicyclic) bond motifs is 1. The first kappa shape index (κ1) is 9.46. The SMILES string of the molecule is CC1(C)C=c2sc(C(N)=O)cc2=CC1. The standard InChI is InChI=1S/C11H13NOS/c1-11(2)4-3-7-5-8(10(12)13)14-9(7)6-11/h3,5-6H,4H2,1-2H3,(H2,12,13). The van der Waals surface area contributed by atoms with Crippen LogP contribution in [0.5, 0.6) is 0 Å². The van der Waals surface area contributed by atoms with Gasteiger partial charge in [-0.1, -0.05) is 26.0 Å². The van der Waals surface area contributed by atoms with Crippen LogP contribution in [0.3, 0.4) is 0 Å². The molecule has 2 N–H and O–H groups in total. The van der Waals surface area contributed by atoms with Gasteiger partial charge in [-0.3, -0.25) is 4.79 Å². The summed E-state index contributed by atoms with van der Waals surface area (Å²) >= 11 is 1.48. The van der Waals surface area contributed by atoms with E-state index in [2.05, 4.69) is 26.0 Å². The average molecular weight is 207 g/mol. The van der Waals surface area contributed by atoms with Crippen LogP contribution in [0.15, 0.2) is 6.07 Å². The first-order valence-electron chi connectivity index (χ1n) is 4.61. The van der Waals surface area contributed by atoms with Crippen molar-refractivity contribution in [3.63, 3.8) is 0 Å². The molecule has 2 rings (SSSR count). The van der Waals surface area contributed by atoms with Crippen molar-refractivity contribution in [3.05, 3.63) is 20.7 Å². The summed E-state index contributed by atoms with van der Waals surface area (Å²) in [6.45, 7) is 4.38. The summed E-state index contributed by atoms with van der Waals surface area (Å²) in [4.78, 5) is 11.6. The predicted octanol–water partition coefficient (Wildman–Crippen LogP) is 0.838. The molecule has 0 bridgehead atoms.